The van der Waals surface area contributed by atoms with Crippen LogP contribution in [0.2, 0.25) is 5.02 Å². The third-order valence-corrected chi connectivity index (χ3v) is 7.14. The Morgan fingerprint density at radius 3 is 2.60 bits per heavy atom. The molecule has 1 amide bonds. The number of nitrogens with zero attached hydrogens (tertiary/aromatic N) is 4. The van der Waals surface area contributed by atoms with Gasteiger partial charge in [-0.1, -0.05) is 17.7 Å². The number of hydrogen-bond donors (Lipinski definition) is 1. The largest absolute Gasteiger partial charge is 0.496 e. The summed E-state index contributed by atoms with van der Waals surface area (Å²) in [5.74, 6) is -0.852. The molecule has 210 valence electrons. The summed E-state index contributed by atoms with van der Waals surface area (Å²) >= 11 is 6.55. The van der Waals surface area contributed by atoms with Crippen molar-refractivity contribution in [2.24, 2.45) is 0 Å². The number of fused-ring (bicyclic) bond motifs is 1. The molecule has 0 atom stereocenters. The summed E-state index contributed by atoms with van der Waals surface area (Å²) in [5.41, 5.74) is 1.44. The number of amides is 1. The van der Waals surface area contributed by atoms with Crippen molar-refractivity contribution in [2.75, 3.05) is 14.2 Å². The number of halogens is 2. The van der Waals surface area contributed by atoms with E-state index in [1.54, 1.807) is 55.6 Å². The summed E-state index contributed by atoms with van der Waals surface area (Å²) in [6, 6.07) is 15.4. The van der Waals surface area contributed by atoms with Gasteiger partial charge in [0, 0.05) is 29.4 Å². The van der Waals surface area contributed by atoms with Gasteiger partial charge in [-0.15, -0.1) is 0 Å². The molecule has 0 radical (unpaired) electrons. The molecule has 0 spiro atoms. The van der Waals surface area contributed by atoms with E-state index < -0.39 is 17.1 Å². The molecular formula is C31H23ClFN5O4. The van der Waals surface area contributed by atoms with E-state index in [2.05, 4.69) is 10.3 Å². The first kappa shape index (κ1) is 28.3. The van der Waals surface area contributed by atoms with E-state index in [4.69, 9.17) is 16.3 Å². The van der Waals surface area contributed by atoms with Gasteiger partial charge in [0.15, 0.2) is 0 Å². The van der Waals surface area contributed by atoms with E-state index >= 15 is 0 Å². The first-order chi connectivity index (χ1) is 20.2. The number of nitriles is 1. The number of pyridine rings is 1. The Balaban J connectivity index is 1.88. The summed E-state index contributed by atoms with van der Waals surface area (Å²) in [6.07, 6.45) is 3.00. The highest BCUT2D eigenvalue weighted by Crippen LogP contribution is 2.35. The summed E-state index contributed by atoms with van der Waals surface area (Å²) < 4.78 is 22.1. The quantitative estimate of drug-likeness (QED) is 0.312. The molecule has 42 heavy (non-hydrogen) atoms. The van der Waals surface area contributed by atoms with Gasteiger partial charge in [0.05, 0.1) is 36.6 Å². The van der Waals surface area contributed by atoms with Gasteiger partial charge in [0.2, 0.25) is 0 Å². The lowest BCUT2D eigenvalue weighted by Gasteiger charge is -2.18. The number of nitrogens with one attached hydrogen (secondary N) is 1. The van der Waals surface area contributed by atoms with E-state index in [1.165, 1.54) is 37.1 Å². The second-order valence-electron chi connectivity index (χ2n) is 9.50. The summed E-state index contributed by atoms with van der Waals surface area (Å²) in [6.45, 7) is 1.68. The molecule has 0 saturated heterocycles. The monoisotopic (exact) mass is 583 g/mol. The summed E-state index contributed by atoms with van der Waals surface area (Å²) in [4.78, 5) is 44.5. The molecule has 0 saturated carbocycles. The summed E-state index contributed by atoms with van der Waals surface area (Å²) in [5, 5.41) is 12.4. The molecule has 0 aliphatic carbocycles. The lowest BCUT2D eigenvalue weighted by atomic mass is 10.00. The number of hydrogen-bond acceptors (Lipinski definition) is 6. The number of carbonyl (C=O) groups excluding carboxylic acids is 1. The average Bonchev–Trinajstić information content (AvgIpc) is 2.99. The van der Waals surface area contributed by atoms with Gasteiger partial charge in [0.25, 0.3) is 11.5 Å². The van der Waals surface area contributed by atoms with Crippen molar-refractivity contribution in [2.45, 2.75) is 13.5 Å². The predicted molar refractivity (Wildman–Crippen MR) is 157 cm³/mol. The minimum atomic E-state index is -0.691. The van der Waals surface area contributed by atoms with Crippen LogP contribution < -0.4 is 21.3 Å². The van der Waals surface area contributed by atoms with Crippen LogP contribution in [0.4, 0.5) is 4.39 Å². The number of aromatic nitrogens is 3. The molecule has 5 rings (SSSR count). The number of ether oxygens (including phenoxy) is 1. The third kappa shape index (κ3) is 5.02. The fourth-order valence-corrected chi connectivity index (χ4v) is 5.01. The smallest absolute Gasteiger partial charge is 0.336 e. The third-order valence-electron chi connectivity index (χ3n) is 6.81. The van der Waals surface area contributed by atoms with Crippen molar-refractivity contribution in [1.29, 1.82) is 5.26 Å². The number of carbonyl (C=O) groups is 1. The molecule has 1 N–H and O–H groups in total. The van der Waals surface area contributed by atoms with Gasteiger partial charge in [-0.05, 0) is 72.1 Å². The van der Waals surface area contributed by atoms with Crippen LogP contribution in [0.25, 0.3) is 27.7 Å². The Bertz CT molecular complexity index is 2060. The number of aryl methyl sites for hydroxylation is 1. The zero-order chi connectivity index (χ0) is 30.1. The molecule has 11 heteroatoms. The average molecular weight is 584 g/mol. The second-order valence-corrected chi connectivity index (χ2v) is 9.91. The van der Waals surface area contributed by atoms with Crippen molar-refractivity contribution in [1.82, 2.24) is 19.4 Å². The van der Waals surface area contributed by atoms with E-state index in [0.29, 0.717) is 27.3 Å². The zero-order valence-corrected chi connectivity index (χ0v) is 23.5. The van der Waals surface area contributed by atoms with Gasteiger partial charge in [0.1, 0.15) is 23.0 Å². The zero-order valence-electron chi connectivity index (χ0n) is 22.7. The molecular weight excluding hydrogens is 561 g/mol. The second kappa shape index (κ2) is 11.3. The van der Waals surface area contributed by atoms with Crippen molar-refractivity contribution in [3.8, 4) is 28.6 Å². The van der Waals surface area contributed by atoms with Crippen molar-refractivity contribution in [3.63, 3.8) is 0 Å². The highest BCUT2D eigenvalue weighted by Gasteiger charge is 2.21. The maximum absolute atomic E-state index is 14.1. The van der Waals surface area contributed by atoms with Crippen LogP contribution in [0.15, 0.2) is 76.6 Å². The molecule has 0 bridgehead atoms. The van der Waals surface area contributed by atoms with Gasteiger partial charge < -0.3 is 10.1 Å². The Hall–Kier alpha value is -5.27. The molecule has 0 fully saturated rings. The fraction of sp³-hybridized carbons (Fsp3) is 0.129. The molecule has 2 aromatic heterocycles. The predicted octanol–water partition coefficient (Wildman–Crippen LogP) is 4.60. The number of methoxy groups -OCH3 is 1. The Kier molecular flexibility index (Phi) is 7.61. The fourth-order valence-electron chi connectivity index (χ4n) is 4.78. The topological polar surface area (TPSA) is 119 Å². The lowest BCUT2D eigenvalue weighted by Crippen LogP contribution is -2.39. The SMILES string of the molecule is CNC(=O)c1ccc(Cl)c(-c2cc(OC)c3c(=O)n(-c4cncc(C)c4)c(=O)n(Cc4ccc(F)c(C#N)c4)c3c2)c1. The van der Waals surface area contributed by atoms with Crippen LogP contribution in [-0.2, 0) is 6.54 Å². The molecule has 0 aliphatic heterocycles. The van der Waals surface area contributed by atoms with Crippen LogP contribution in [0.3, 0.4) is 0 Å². The normalized spacial score (nSPS) is 10.9. The summed E-state index contributed by atoms with van der Waals surface area (Å²) in [7, 11) is 2.91. The lowest BCUT2D eigenvalue weighted by molar-refractivity contribution is 0.0963. The van der Waals surface area contributed by atoms with Crippen LogP contribution in [-0.4, -0.2) is 34.2 Å². The molecule has 3 aromatic carbocycles. The van der Waals surface area contributed by atoms with Gasteiger partial charge in [-0.25, -0.2) is 13.8 Å². The minimum absolute atomic E-state index is 0.101. The molecule has 0 unspecified atom stereocenters. The Labute approximate surface area is 244 Å². The van der Waals surface area contributed by atoms with E-state index in [1.807, 2.05) is 0 Å². The van der Waals surface area contributed by atoms with E-state index in [-0.39, 0.29) is 40.4 Å². The van der Waals surface area contributed by atoms with Crippen LogP contribution in [0.1, 0.15) is 27.0 Å². The highest BCUT2D eigenvalue weighted by atomic mass is 35.5. The maximum atomic E-state index is 14.1. The molecule has 0 aliphatic rings. The van der Waals surface area contributed by atoms with E-state index in [0.717, 1.165) is 16.2 Å². The first-order valence-electron chi connectivity index (χ1n) is 12.7. The van der Waals surface area contributed by atoms with Crippen molar-refractivity contribution >= 4 is 28.4 Å². The molecule has 5 aromatic rings. The highest BCUT2D eigenvalue weighted by molar-refractivity contribution is 6.33. The van der Waals surface area contributed by atoms with Crippen LogP contribution >= 0.6 is 11.6 Å². The van der Waals surface area contributed by atoms with Crippen LogP contribution in [0, 0.1) is 24.1 Å². The standard InChI is InChI=1S/C31H23ClFN5O4/c1-17-8-22(15-36-14-17)38-30(40)28-26(37(31(38)41)16-18-4-7-25(33)21(9-18)13-34)11-20(12-27(28)42-3)23-10-19(29(39)35-2)5-6-24(23)32/h4-12,14-15H,16H2,1-3H3,(H,35,39). The van der Waals surface area contributed by atoms with Crippen LogP contribution in [0.5, 0.6) is 5.75 Å². The van der Waals surface area contributed by atoms with Gasteiger partial charge in [-0.2, -0.15) is 5.26 Å². The maximum Gasteiger partial charge on any atom is 0.336 e. The van der Waals surface area contributed by atoms with Crippen molar-refractivity contribution in [3.05, 3.63) is 121 Å². The minimum Gasteiger partial charge on any atom is -0.496 e. The molecule has 9 nitrogen and oxygen atoms in total. The van der Waals surface area contributed by atoms with Gasteiger partial charge >= 0.3 is 5.69 Å². The van der Waals surface area contributed by atoms with Crippen molar-refractivity contribution < 1.29 is 13.9 Å². The van der Waals surface area contributed by atoms with E-state index in [9.17, 15) is 24.0 Å². The Morgan fingerprint density at radius 2 is 1.90 bits per heavy atom. The first-order valence-corrected chi connectivity index (χ1v) is 13.0. The Morgan fingerprint density at radius 1 is 1.12 bits per heavy atom. The van der Waals surface area contributed by atoms with Gasteiger partial charge in [-0.3, -0.25) is 19.1 Å². The number of benzene rings is 3. The number of rotatable bonds is 6. The molecule has 2 heterocycles.